The lowest BCUT2D eigenvalue weighted by atomic mass is 10.1. The molecule has 0 saturated carbocycles. The third-order valence-electron chi connectivity index (χ3n) is 4.10. The van der Waals surface area contributed by atoms with Crippen molar-refractivity contribution < 1.29 is 9.21 Å². The summed E-state index contributed by atoms with van der Waals surface area (Å²) in [5.41, 5.74) is 3.97. The highest BCUT2D eigenvalue weighted by atomic mass is 35.5. The van der Waals surface area contributed by atoms with Crippen LogP contribution >= 0.6 is 23.4 Å². The number of aryl methyl sites for hydroxylation is 2. The van der Waals surface area contributed by atoms with Gasteiger partial charge in [-0.05, 0) is 73.1 Å². The van der Waals surface area contributed by atoms with E-state index in [1.54, 1.807) is 6.08 Å². The number of nitrogens with one attached hydrogen (secondary N) is 1. The molecule has 1 aliphatic rings. The Morgan fingerprint density at radius 2 is 1.86 bits per heavy atom. The smallest absolute Gasteiger partial charge is 0.264 e. The topological polar surface area (TPSA) is 54.6 Å². The molecule has 4 rings (SSSR count). The zero-order chi connectivity index (χ0) is 19.7. The fourth-order valence-corrected chi connectivity index (χ4v) is 3.98. The molecule has 1 aromatic heterocycles. The van der Waals surface area contributed by atoms with E-state index in [1.807, 2.05) is 62.4 Å². The van der Waals surface area contributed by atoms with Crippen molar-refractivity contribution in [3.63, 3.8) is 0 Å². The third kappa shape index (κ3) is 4.21. The van der Waals surface area contributed by atoms with E-state index in [0.717, 1.165) is 22.4 Å². The van der Waals surface area contributed by atoms with Crippen molar-refractivity contribution in [3.05, 3.63) is 81.4 Å². The van der Waals surface area contributed by atoms with Gasteiger partial charge in [-0.15, -0.1) is 0 Å². The lowest BCUT2D eigenvalue weighted by Crippen LogP contribution is -2.19. The molecule has 3 aromatic rings. The second kappa shape index (κ2) is 7.70. The van der Waals surface area contributed by atoms with Crippen molar-refractivity contribution >= 4 is 46.2 Å². The largest absolute Gasteiger partial charge is 0.457 e. The molecule has 28 heavy (non-hydrogen) atoms. The Hall–Kier alpha value is -2.76. The number of hydrogen-bond donors (Lipinski definition) is 1. The van der Waals surface area contributed by atoms with Gasteiger partial charge in [0.2, 0.25) is 0 Å². The second-order valence-corrected chi connectivity index (χ2v) is 8.01. The fraction of sp³-hybridized carbons (Fsp3) is 0.0909. The SMILES string of the molecule is Cc1cc(C)cc(N=C2NC(=O)C(=Cc3ccc(-c4cccc(Cl)c4)o3)S2)c1. The Morgan fingerprint density at radius 3 is 2.61 bits per heavy atom. The van der Waals surface area contributed by atoms with Crippen molar-refractivity contribution in [2.75, 3.05) is 0 Å². The summed E-state index contributed by atoms with van der Waals surface area (Å²) in [6, 6.07) is 17.2. The average molecular weight is 409 g/mol. The summed E-state index contributed by atoms with van der Waals surface area (Å²) in [5.74, 6) is 1.11. The highest BCUT2D eigenvalue weighted by Gasteiger charge is 2.24. The molecule has 6 heteroatoms. The summed E-state index contributed by atoms with van der Waals surface area (Å²) in [6.45, 7) is 4.05. The number of hydrogen-bond acceptors (Lipinski definition) is 4. The van der Waals surface area contributed by atoms with Gasteiger partial charge in [0, 0.05) is 16.7 Å². The van der Waals surface area contributed by atoms with Gasteiger partial charge in [0.25, 0.3) is 5.91 Å². The number of aliphatic imine (C=N–C) groups is 1. The zero-order valence-corrected chi connectivity index (χ0v) is 16.9. The molecule has 4 nitrogen and oxygen atoms in total. The van der Waals surface area contributed by atoms with Crippen molar-refractivity contribution in [2.45, 2.75) is 13.8 Å². The van der Waals surface area contributed by atoms with Crippen LogP contribution in [0.1, 0.15) is 16.9 Å². The van der Waals surface area contributed by atoms with Gasteiger partial charge in [0.15, 0.2) is 5.17 Å². The van der Waals surface area contributed by atoms with Gasteiger partial charge in [0.1, 0.15) is 11.5 Å². The number of rotatable bonds is 3. The minimum absolute atomic E-state index is 0.186. The number of amidine groups is 1. The number of benzene rings is 2. The van der Waals surface area contributed by atoms with Gasteiger partial charge in [-0.1, -0.05) is 29.8 Å². The maximum absolute atomic E-state index is 12.3. The number of furan rings is 1. The van der Waals surface area contributed by atoms with E-state index in [0.29, 0.717) is 26.6 Å². The summed E-state index contributed by atoms with van der Waals surface area (Å²) in [4.78, 5) is 17.4. The highest BCUT2D eigenvalue weighted by Crippen LogP contribution is 2.31. The second-order valence-electron chi connectivity index (χ2n) is 6.54. The van der Waals surface area contributed by atoms with Gasteiger partial charge >= 0.3 is 0 Å². The molecule has 1 amide bonds. The summed E-state index contributed by atoms with van der Waals surface area (Å²) < 4.78 is 5.85. The van der Waals surface area contributed by atoms with Crippen LogP contribution in [0.3, 0.4) is 0 Å². The summed E-state index contributed by atoms with van der Waals surface area (Å²) >= 11 is 7.33. The molecule has 2 aromatic carbocycles. The number of carbonyl (C=O) groups is 1. The van der Waals surface area contributed by atoms with Crippen LogP contribution in [-0.4, -0.2) is 11.1 Å². The molecular formula is C22H17ClN2O2S. The highest BCUT2D eigenvalue weighted by molar-refractivity contribution is 8.18. The fourth-order valence-electron chi connectivity index (χ4n) is 2.97. The van der Waals surface area contributed by atoms with Crippen molar-refractivity contribution in [2.24, 2.45) is 4.99 Å². The minimum atomic E-state index is -0.186. The van der Waals surface area contributed by atoms with Crippen LogP contribution in [0.4, 0.5) is 5.69 Å². The molecule has 0 bridgehead atoms. The summed E-state index contributed by atoms with van der Waals surface area (Å²) in [5, 5.41) is 4.01. The predicted octanol–water partition coefficient (Wildman–Crippen LogP) is 6.11. The van der Waals surface area contributed by atoms with E-state index in [9.17, 15) is 4.79 Å². The molecule has 0 spiro atoms. The molecule has 2 heterocycles. The van der Waals surface area contributed by atoms with Crippen LogP contribution in [0.15, 0.2) is 68.9 Å². The zero-order valence-electron chi connectivity index (χ0n) is 15.3. The number of amides is 1. The van der Waals surface area contributed by atoms with Gasteiger partial charge in [-0.2, -0.15) is 0 Å². The Balaban J connectivity index is 1.56. The normalized spacial score (nSPS) is 16.8. The maximum atomic E-state index is 12.3. The molecule has 0 aliphatic carbocycles. The predicted molar refractivity (Wildman–Crippen MR) is 116 cm³/mol. The molecular weight excluding hydrogens is 392 g/mol. The van der Waals surface area contributed by atoms with Crippen LogP contribution in [0, 0.1) is 13.8 Å². The molecule has 0 atom stereocenters. The van der Waals surface area contributed by atoms with Crippen LogP contribution < -0.4 is 5.32 Å². The molecule has 140 valence electrons. The van der Waals surface area contributed by atoms with E-state index < -0.39 is 0 Å². The number of nitrogens with zero attached hydrogens (tertiary/aromatic N) is 1. The first-order chi connectivity index (χ1) is 13.5. The Morgan fingerprint density at radius 1 is 1.07 bits per heavy atom. The van der Waals surface area contributed by atoms with Crippen LogP contribution in [0.2, 0.25) is 5.02 Å². The van der Waals surface area contributed by atoms with Crippen LogP contribution in [0.5, 0.6) is 0 Å². The molecule has 1 saturated heterocycles. The van der Waals surface area contributed by atoms with Gasteiger partial charge < -0.3 is 9.73 Å². The molecule has 1 fully saturated rings. The van der Waals surface area contributed by atoms with Crippen molar-refractivity contribution in [1.82, 2.24) is 5.32 Å². The van der Waals surface area contributed by atoms with E-state index >= 15 is 0 Å². The van der Waals surface area contributed by atoms with Gasteiger partial charge in [-0.3, -0.25) is 4.79 Å². The Bertz CT molecular complexity index is 1110. The first-order valence-electron chi connectivity index (χ1n) is 8.70. The number of halogens is 1. The number of carbonyl (C=O) groups excluding carboxylic acids is 1. The van der Waals surface area contributed by atoms with E-state index in [2.05, 4.69) is 16.4 Å². The standard InChI is InChI=1S/C22H17ClN2O2S/c1-13-8-14(2)10-17(9-13)24-22-25-21(26)20(28-22)12-18-6-7-19(27-18)15-4-3-5-16(23)11-15/h3-12H,1-2H3,(H,24,25,26). The molecule has 1 aliphatic heterocycles. The first-order valence-corrected chi connectivity index (χ1v) is 9.89. The van der Waals surface area contributed by atoms with Crippen LogP contribution in [-0.2, 0) is 4.79 Å². The first kappa shape index (κ1) is 18.6. The molecule has 1 N–H and O–H groups in total. The molecule has 0 radical (unpaired) electrons. The maximum Gasteiger partial charge on any atom is 0.264 e. The van der Waals surface area contributed by atoms with E-state index in [1.165, 1.54) is 11.8 Å². The monoisotopic (exact) mass is 408 g/mol. The van der Waals surface area contributed by atoms with Crippen molar-refractivity contribution in [3.8, 4) is 11.3 Å². The minimum Gasteiger partial charge on any atom is -0.457 e. The lowest BCUT2D eigenvalue weighted by molar-refractivity contribution is -0.115. The summed E-state index contributed by atoms with van der Waals surface area (Å²) in [6.07, 6.45) is 1.72. The van der Waals surface area contributed by atoms with Gasteiger partial charge in [-0.25, -0.2) is 4.99 Å². The Kier molecular flexibility index (Phi) is 5.11. The van der Waals surface area contributed by atoms with Crippen molar-refractivity contribution in [1.29, 1.82) is 0 Å². The molecule has 0 unspecified atom stereocenters. The van der Waals surface area contributed by atoms with E-state index in [4.69, 9.17) is 16.0 Å². The number of thioether (sulfide) groups is 1. The Labute approximate surface area is 172 Å². The quantitative estimate of drug-likeness (QED) is 0.532. The third-order valence-corrected chi connectivity index (χ3v) is 5.24. The van der Waals surface area contributed by atoms with Gasteiger partial charge in [0.05, 0.1) is 10.6 Å². The average Bonchev–Trinajstić information content (AvgIpc) is 3.21. The lowest BCUT2D eigenvalue weighted by Gasteiger charge is -2.00. The van der Waals surface area contributed by atoms with E-state index in [-0.39, 0.29) is 5.91 Å². The summed E-state index contributed by atoms with van der Waals surface area (Å²) in [7, 11) is 0. The van der Waals surface area contributed by atoms with Crippen LogP contribution in [0.25, 0.3) is 17.4 Å².